The molecule has 1 aromatic heterocycles. The van der Waals surface area contributed by atoms with E-state index in [0.717, 1.165) is 0 Å². The van der Waals surface area contributed by atoms with Crippen molar-refractivity contribution in [3.63, 3.8) is 0 Å². The number of hydrogen-bond donors (Lipinski definition) is 3. The predicted molar refractivity (Wildman–Crippen MR) is 118 cm³/mol. The first-order chi connectivity index (χ1) is 13.6. The molecule has 0 saturated heterocycles. The van der Waals surface area contributed by atoms with Crippen molar-refractivity contribution in [2.75, 3.05) is 20.8 Å². The van der Waals surface area contributed by atoms with Gasteiger partial charge in [-0.2, -0.15) is 0 Å². The first-order valence-electron chi connectivity index (χ1n) is 8.83. The van der Waals surface area contributed by atoms with Gasteiger partial charge >= 0.3 is 0 Å². The zero-order valence-electron chi connectivity index (χ0n) is 16.9. The fourth-order valence-electron chi connectivity index (χ4n) is 2.68. The summed E-state index contributed by atoms with van der Waals surface area (Å²) in [6.07, 6.45) is 0.420. The summed E-state index contributed by atoms with van der Waals surface area (Å²) in [6.45, 7) is 6.23. The first-order valence-corrected chi connectivity index (χ1v) is 14.3. The van der Waals surface area contributed by atoms with Crippen LogP contribution in [0.1, 0.15) is 17.0 Å². The lowest BCUT2D eigenvalue weighted by atomic mass is 10.1. The SMILES string of the molecule is COc1cccc(OC)c1-c1oc(C(Br)CCNS(=O)O)c(O[Si](C)(C)C)c1O. The van der Waals surface area contributed by atoms with Gasteiger partial charge in [0.05, 0.1) is 19.0 Å². The quantitative estimate of drug-likeness (QED) is 0.247. The molecule has 2 atom stereocenters. The largest absolute Gasteiger partial charge is 0.539 e. The van der Waals surface area contributed by atoms with E-state index in [0.29, 0.717) is 29.2 Å². The van der Waals surface area contributed by atoms with Crippen LogP contribution in [0.5, 0.6) is 23.0 Å². The third-order valence-electron chi connectivity index (χ3n) is 3.84. The molecule has 0 radical (unpaired) electrons. The number of aromatic hydroxyl groups is 1. The predicted octanol–water partition coefficient (Wildman–Crippen LogP) is 4.44. The molecule has 0 amide bonds. The molecule has 1 heterocycles. The summed E-state index contributed by atoms with van der Waals surface area (Å²) in [4.78, 5) is -0.370. The second kappa shape index (κ2) is 9.98. The van der Waals surface area contributed by atoms with Crippen molar-refractivity contribution in [1.29, 1.82) is 0 Å². The molecular formula is C18H26BrNO7SSi. The smallest absolute Gasteiger partial charge is 0.242 e. The number of nitrogens with one attached hydrogen (secondary N) is 1. The van der Waals surface area contributed by atoms with E-state index < -0.39 is 19.6 Å². The molecule has 0 aliphatic carbocycles. The van der Waals surface area contributed by atoms with Gasteiger partial charge in [-0.15, -0.1) is 0 Å². The van der Waals surface area contributed by atoms with E-state index in [1.807, 2.05) is 19.6 Å². The summed E-state index contributed by atoms with van der Waals surface area (Å²) in [6, 6.07) is 5.25. The van der Waals surface area contributed by atoms with Gasteiger partial charge in [-0.25, -0.2) is 8.93 Å². The van der Waals surface area contributed by atoms with Crippen LogP contribution >= 0.6 is 15.9 Å². The highest BCUT2D eigenvalue weighted by atomic mass is 79.9. The molecule has 1 aromatic carbocycles. The van der Waals surface area contributed by atoms with Crippen LogP contribution in [0.15, 0.2) is 22.6 Å². The molecule has 8 nitrogen and oxygen atoms in total. The standard InChI is InChI=1S/C18H26BrNO7SSi/c1-24-12-7-6-8-13(25-2)14(12)17-15(21)18(27-29(3,4)5)16(26-17)11(19)9-10-20-28(22)23/h6-8,11,20-21H,9-10H2,1-5H3,(H,22,23). The molecule has 0 aliphatic rings. The molecule has 3 N–H and O–H groups in total. The maximum Gasteiger partial charge on any atom is 0.242 e. The van der Waals surface area contributed by atoms with Crippen LogP contribution in [0.2, 0.25) is 19.6 Å². The lowest BCUT2D eigenvalue weighted by Gasteiger charge is -2.20. The molecule has 2 aromatic rings. The third-order valence-corrected chi connectivity index (χ3v) is 5.98. The Bertz CT molecular complexity index is 846. The molecular weight excluding hydrogens is 482 g/mol. The maximum absolute atomic E-state index is 11.0. The van der Waals surface area contributed by atoms with Gasteiger partial charge in [-0.1, -0.05) is 22.0 Å². The zero-order chi connectivity index (χ0) is 21.8. The zero-order valence-corrected chi connectivity index (χ0v) is 20.3. The monoisotopic (exact) mass is 507 g/mol. The molecule has 162 valence electrons. The van der Waals surface area contributed by atoms with E-state index in [2.05, 4.69) is 20.7 Å². The van der Waals surface area contributed by atoms with Gasteiger partial charge < -0.3 is 23.4 Å². The molecule has 0 spiro atoms. The fourth-order valence-corrected chi connectivity index (χ4v) is 4.32. The van der Waals surface area contributed by atoms with E-state index in [1.54, 1.807) is 18.2 Å². The normalized spacial score (nSPS) is 13.8. The topological polar surface area (TPSA) is 110 Å². The Balaban J connectivity index is 2.57. The lowest BCUT2D eigenvalue weighted by molar-refractivity contribution is 0.391. The number of ether oxygens (including phenoxy) is 2. The minimum Gasteiger partial charge on any atom is -0.539 e. The second-order valence-corrected chi connectivity index (χ2v) is 13.4. The van der Waals surface area contributed by atoms with Crippen LogP contribution in [0.25, 0.3) is 11.3 Å². The molecule has 0 aliphatic heterocycles. The van der Waals surface area contributed by atoms with Gasteiger partial charge in [0.25, 0.3) is 0 Å². The van der Waals surface area contributed by atoms with Gasteiger partial charge in [0.15, 0.2) is 17.3 Å². The summed E-state index contributed by atoms with van der Waals surface area (Å²) >= 11 is 1.43. The number of rotatable bonds is 10. The number of halogens is 1. The highest BCUT2D eigenvalue weighted by molar-refractivity contribution is 9.09. The van der Waals surface area contributed by atoms with Crippen LogP contribution in [-0.4, -0.2) is 42.9 Å². The Labute approximate surface area is 182 Å². The number of methoxy groups -OCH3 is 2. The van der Waals surface area contributed by atoms with E-state index >= 15 is 0 Å². The summed E-state index contributed by atoms with van der Waals surface area (Å²) in [7, 11) is 0.946. The van der Waals surface area contributed by atoms with Crippen molar-refractivity contribution in [3.8, 4) is 34.3 Å². The van der Waals surface area contributed by atoms with Gasteiger partial charge in [0.1, 0.15) is 17.1 Å². The summed E-state index contributed by atoms with van der Waals surface area (Å²) in [5.74, 6) is 1.61. The first kappa shape index (κ1) is 23.7. The molecule has 2 unspecified atom stereocenters. The Kier molecular flexibility index (Phi) is 8.17. The highest BCUT2D eigenvalue weighted by Gasteiger charge is 2.32. The molecule has 0 saturated carbocycles. The molecule has 2 rings (SSSR count). The minimum atomic E-state index is -2.11. The number of furan rings is 1. The Morgan fingerprint density at radius 3 is 2.31 bits per heavy atom. The fraction of sp³-hybridized carbons (Fsp3) is 0.444. The summed E-state index contributed by atoms with van der Waals surface area (Å²) in [5, 5.41) is 11.0. The van der Waals surface area contributed by atoms with Gasteiger partial charge in [0.2, 0.25) is 25.3 Å². The van der Waals surface area contributed by atoms with E-state index in [-0.39, 0.29) is 28.6 Å². The minimum absolute atomic E-state index is 0.145. The van der Waals surface area contributed by atoms with Crippen molar-refractivity contribution < 1.29 is 32.2 Å². The second-order valence-electron chi connectivity index (χ2n) is 7.12. The van der Waals surface area contributed by atoms with Crippen molar-refractivity contribution in [1.82, 2.24) is 4.72 Å². The Hall–Kier alpha value is -1.53. The van der Waals surface area contributed by atoms with Gasteiger partial charge in [-0.05, 0) is 38.2 Å². The van der Waals surface area contributed by atoms with Crippen molar-refractivity contribution in [2.24, 2.45) is 0 Å². The highest BCUT2D eigenvalue weighted by Crippen LogP contribution is 2.52. The Morgan fingerprint density at radius 2 is 1.83 bits per heavy atom. The van der Waals surface area contributed by atoms with Gasteiger partial charge in [0, 0.05) is 6.54 Å². The lowest BCUT2D eigenvalue weighted by Crippen LogP contribution is -2.29. The van der Waals surface area contributed by atoms with E-state index in [1.165, 1.54) is 14.2 Å². The molecule has 0 bridgehead atoms. The third kappa shape index (κ3) is 5.98. The summed E-state index contributed by atoms with van der Waals surface area (Å²) < 4.78 is 45.2. The van der Waals surface area contributed by atoms with Gasteiger partial charge in [-0.3, -0.25) is 4.55 Å². The van der Waals surface area contributed by atoms with Crippen molar-refractivity contribution in [3.05, 3.63) is 24.0 Å². The summed E-state index contributed by atoms with van der Waals surface area (Å²) in [5.41, 5.74) is 0.468. The van der Waals surface area contributed by atoms with Crippen LogP contribution in [0.3, 0.4) is 0 Å². The van der Waals surface area contributed by atoms with E-state index in [4.69, 9.17) is 22.9 Å². The van der Waals surface area contributed by atoms with Crippen LogP contribution in [0, 0.1) is 0 Å². The van der Waals surface area contributed by atoms with Crippen LogP contribution < -0.4 is 18.6 Å². The molecule has 11 heteroatoms. The van der Waals surface area contributed by atoms with Crippen LogP contribution in [0.4, 0.5) is 0 Å². The van der Waals surface area contributed by atoms with Crippen molar-refractivity contribution in [2.45, 2.75) is 30.9 Å². The molecule has 0 fully saturated rings. The number of alkyl halides is 1. The Morgan fingerprint density at radius 1 is 1.24 bits per heavy atom. The number of benzene rings is 1. The van der Waals surface area contributed by atoms with E-state index in [9.17, 15) is 9.32 Å². The molecule has 29 heavy (non-hydrogen) atoms. The average Bonchev–Trinajstić information content (AvgIpc) is 2.95. The maximum atomic E-state index is 11.0. The van der Waals surface area contributed by atoms with Crippen molar-refractivity contribution >= 4 is 35.5 Å². The van der Waals surface area contributed by atoms with Crippen LogP contribution in [-0.2, 0) is 11.3 Å². The number of hydrogen-bond acceptors (Lipinski definition) is 6. The average molecular weight is 508 g/mol.